The van der Waals surface area contributed by atoms with Crippen molar-refractivity contribution in [1.29, 1.82) is 0 Å². The summed E-state index contributed by atoms with van der Waals surface area (Å²) in [7, 11) is 0. The number of halogens is 1. The lowest BCUT2D eigenvalue weighted by Gasteiger charge is -2.26. The SMILES string of the molecule is CCCOc1ccc(/C(O)=C2\C(=O)C(=O)N(c3ccc(C)c(C)c3)C2c2ccccc2F)cc1C. The highest BCUT2D eigenvalue weighted by molar-refractivity contribution is 6.51. The van der Waals surface area contributed by atoms with Crippen LogP contribution in [-0.2, 0) is 9.59 Å². The third kappa shape index (κ3) is 4.44. The fourth-order valence-corrected chi connectivity index (χ4v) is 4.29. The van der Waals surface area contributed by atoms with E-state index < -0.39 is 23.5 Å². The summed E-state index contributed by atoms with van der Waals surface area (Å²) in [5.41, 5.74) is 3.51. The van der Waals surface area contributed by atoms with Gasteiger partial charge in [0, 0.05) is 16.8 Å². The summed E-state index contributed by atoms with van der Waals surface area (Å²) >= 11 is 0. The number of anilines is 1. The van der Waals surface area contributed by atoms with Gasteiger partial charge in [-0.05, 0) is 80.3 Å². The average molecular weight is 474 g/mol. The van der Waals surface area contributed by atoms with Gasteiger partial charge in [-0.15, -0.1) is 0 Å². The van der Waals surface area contributed by atoms with Gasteiger partial charge in [-0.25, -0.2) is 4.39 Å². The number of hydrogen-bond acceptors (Lipinski definition) is 4. The van der Waals surface area contributed by atoms with Crippen LogP contribution in [0.3, 0.4) is 0 Å². The molecular formula is C29H28FNO4. The molecule has 0 saturated carbocycles. The maximum atomic E-state index is 15.0. The van der Waals surface area contributed by atoms with Crippen molar-refractivity contribution in [1.82, 2.24) is 0 Å². The molecule has 1 aliphatic heterocycles. The number of ketones is 1. The summed E-state index contributed by atoms with van der Waals surface area (Å²) < 4.78 is 20.7. The molecular weight excluding hydrogens is 445 g/mol. The normalized spacial score (nSPS) is 17.2. The molecule has 0 bridgehead atoms. The van der Waals surface area contributed by atoms with E-state index in [1.807, 2.05) is 33.8 Å². The summed E-state index contributed by atoms with van der Waals surface area (Å²) in [6.45, 7) is 8.24. The van der Waals surface area contributed by atoms with Crippen LogP contribution in [-0.4, -0.2) is 23.4 Å². The Morgan fingerprint density at radius 3 is 2.37 bits per heavy atom. The number of aryl methyl sites for hydroxylation is 3. The van der Waals surface area contributed by atoms with E-state index in [0.29, 0.717) is 23.6 Å². The molecule has 0 spiro atoms. The molecule has 1 aliphatic rings. The van der Waals surface area contributed by atoms with E-state index in [1.54, 1.807) is 42.5 Å². The Labute approximate surface area is 204 Å². The summed E-state index contributed by atoms with van der Waals surface area (Å²) in [6.07, 6.45) is 0.853. The molecule has 1 atom stereocenters. The van der Waals surface area contributed by atoms with Gasteiger partial charge in [0.1, 0.15) is 17.3 Å². The third-order valence-electron chi connectivity index (χ3n) is 6.32. The van der Waals surface area contributed by atoms with Crippen LogP contribution in [0, 0.1) is 26.6 Å². The lowest BCUT2D eigenvalue weighted by Crippen LogP contribution is -2.30. The highest BCUT2D eigenvalue weighted by atomic mass is 19.1. The lowest BCUT2D eigenvalue weighted by atomic mass is 9.94. The highest BCUT2D eigenvalue weighted by Crippen LogP contribution is 2.43. The molecule has 0 aromatic heterocycles. The monoisotopic (exact) mass is 473 g/mol. The first-order valence-electron chi connectivity index (χ1n) is 11.6. The number of nitrogens with zero attached hydrogens (tertiary/aromatic N) is 1. The number of hydrogen-bond donors (Lipinski definition) is 1. The first-order chi connectivity index (χ1) is 16.7. The minimum atomic E-state index is -1.12. The Bertz CT molecular complexity index is 1340. The van der Waals surface area contributed by atoms with Gasteiger partial charge in [-0.3, -0.25) is 14.5 Å². The van der Waals surface area contributed by atoms with Crippen molar-refractivity contribution >= 4 is 23.1 Å². The number of carbonyl (C=O) groups is 2. The van der Waals surface area contributed by atoms with E-state index in [0.717, 1.165) is 23.1 Å². The Morgan fingerprint density at radius 2 is 1.71 bits per heavy atom. The van der Waals surface area contributed by atoms with Crippen molar-refractivity contribution in [2.24, 2.45) is 0 Å². The zero-order chi connectivity index (χ0) is 25.3. The van der Waals surface area contributed by atoms with E-state index in [4.69, 9.17) is 4.74 Å². The number of aliphatic hydroxyl groups is 1. The predicted molar refractivity (Wildman–Crippen MR) is 134 cm³/mol. The molecule has 1 fully saturated rings. The molecule has 1 amide bonds. The van der Waals surface area contributed by atoms with Gasteiger partial charge in [0.05, 0.1) is 18.2 Å². The van der Waals surface area contributed by atoms with Crippen molar-refractivity contribution < 1.29 is 23.8 Å². The highest BCUT2D eigenvalue weighted by Gasteiger charge is 2.47. The van der Waals surface area contributed by atoms with Crippen molar-refractivity contribution in [2.45, 2.75) is 40.2 Å². The van der Waals surface area contributed by atoms with Gasteiger partial charge < -0.3 is 9.84 Å². The number of carbonyl (C=O) groups excluding carboxylic acids is 2. The topological polar surface area (TPSA) is 66.8 Å². The first-order valence-corrected chi connectivity index (χ1v) is 11.6. The van der Waals surface area contributed by atoms with Gasteiger partial charge in [-0.1, -0.05) is 31.2 Å². The molecule has 5 nitrogen and oxygen atoms in total. The fraction of sp³-hybridized carbons (Fsp3) is 0.241. The minimum Gasteiger partial charge on any atom is -0.507 e. The van der Waals surface area contributed by atoms with E-state index >= 15 is 4.39 Å². The van der Waals surface area contributed by atoms with E-state index in [2.05, 4.69) is 0 Å². The summed E-state index contributed by atoms with van der Waals surface area (Å²) in [6, 6.07) is 15.3. The quantitative estimate of drug-likeness (QED) is 0.264. The zero-order valence-electron chi connectivity index (χ0n) is 20.3. The van der Waals surface area contributed by atoms with Gasteiger partial charge in [0.15, 0.2) is 0 Å². The van der Waals surface area contributed by atoms with E-state index in [-0.39, 0.29) is 16.9 Å². The summed E-state index contributed by atoms with van der Waals surface area (Å²) in [5.74, 6) is -1.93. The molecule has 1 saturated heterocycles. The van der Waals surface area contributed by atoms with Crippen LogP contribution in [0.4, 0.5) is 10.1 Å². The number of ether oxygens (including phenoxy) is 1. The molecule has 4 rings (SSSR count). The Morgan fingerprint density at radius 1 is 0.971 bits per heavy atom. The second-order valence-electron chi connectivity index (χ2n) is 8.79. The lowest BCUT2D eigenvalue weighted by molar-refractivity contribution is -0.132. The van der Waals surface area contributed by atoms with E-state index in [9.17, 15) is 14.7 Å². The Hall–Kier alpha value is -3.93. The largest absolute Gasteiger partial charge is 0.507 e. The van der Waals surface area contributed by atoms with Crippen molar-refractivity contribution in [2.75, 3.05) is 11.5 Å². The zero-order valence-corrected chi connectivity index (χ0v) is 20.3. The van der Waals surface area contributed by atoms with Crippen molar-refractivity contribution in [3.8, 4) is 5.75 Å². The van der Waals surface area contributed by atoms with Crippen LogP contribution < -0.4 is 9.64 Å². The summed E-state index contributed by atoms with van der Waals surface area (Å²) in [4.78, 5) is 27.8. The maximum Gasteiger partial charge on any atom is 0.300 e. The number of benzene rings is 3. The van der Waals surface area contributed by atoms with Crippen molar-refractivity contribution in [3.63, 3.8) is 0 Å². The van der Waals surface area contributed by atoms with Crippen LogP contribution >= 0.6 is 0 Å². The third-order valence-corrected chi connectivity index (χ3v) is 6.32. The van der Waals surface area contributed by atoms with Gasteiger partial charge >= 0.3 is 0 Å². The molecule has 3 aromatic rings. The fourth-order valence-electron chi connectivity index (χ4n) is 4.29. The molecule has 35 heavy (non-hydrogen) atoms. The number of rotatable bonds is 6. The predicted octanol–water partition coefficient (Wildman–Crippen LogP) is 6.17. The average Bonchev–Trinajstić information content (AvgIpc) is 3.10. The summed E-state index contributed by atoms with van der Waals surface area (Å²) in [5, 5.41) is 11.3. The number of Topliss-reactive ketones (excluding diaryl/α,β-unsaturated/α-hetero) is 1. The second-order valence-corrected chi connectivity index (χ2v) is 8.79. The maximum absolute atomic E-state index is 15.0. The molecule has 1 heterocycles. The Balaban J connectivity index is 1.91. The molecule has 6 heteroatoms. The van der Waals surface area contributed by atoms with Crippen LogP contribution in [0.15, 0.2) is 66.2 Å². The smallest absolute Gasteiger partial charge is 0.300 e. The van der Waals surface area contributed by atoms with Crippen LogP contribution in [0.2, 0.25) is 0 Å². The van der Waals surface area contributed by atoms with Gasteiger partial charge in [0.2, 0.25) is 0 Å². The van der Waals surface area contributed by atoms with Crippen molar-refractivity contribution in [3.05, 3.63) is 99.9 Å². The van der Waals surface area contributed by atoms with Gasteiger partial charge in [0.25, 0.3) is 11.7 Å². The number of amides is 1. The number of aliphatic hydroxyl groups excluding tert-OH is 1. The van der Waals surface area contributed by atoms with E-state index in [1.165, 1.54) is 17.0 Å². The van der Waals surface area contributed by atoms with Crippen LogP contribution in [0.5, 0.6) is 5.75 Å². The van der Waals surface area contributed by atoms with Crippen LogP contribution in [0.1, 0.15) is 47.2 Å². The van der Waals surface area contributed by atoms with Gasteiger partial charge in [-0.2, -0.15) is 0 Å². The Kier molecular flexibility index (Phi) is 6.74. The molecule has 0 aliphatic carbocycles. The molecule has 3 aromatic carbocycles. The molecule has 0 radical (unpaired) electrons. The molecule has 1 N–H and O–H groups in total. The minimum absolute atomic E-state index is 0.131. The standard InChI is InChI=1S/C29H28FNO4/c1-5-14-35-24-13-11-20(15-19(24)4)27(32)25-26(22-8-6-7-9-23(22)30)31(29(34)28(25)33)21-12-10-17(2)18(3)16-21/h6-13,15-16,26,32H,5,14H2,1-4H3/b27-25+. The van der Waals surface area contributed by atoms with Crippen LogP contribution in [0.25, 0.3) is 5.76 Å². The molecule has 180 valence electrons. The molecule has 1 unspecified atom stereocenters. The first kappa shape index (κ1) is 24.2. The second kappa shape index (κ2) is 9.74.